The maximum Gasteiger partial charge on any atom is 0.416 e. The molecule has 2 amide bonds. The van der Waals surface area contributed by atoms with Crippen LogP contribution >= 0.6 is 0 Å². The maximum absolute atomic E-state index is 14.4. The number of nitrogens with one attached hydrogen (secondary N) is 1. The van der Waals surface area contributed by atoms with E-state index in [1.807, 2.05) is 37.3 Å². The number of amides is 2. The average molecular weight is 666 g/mol. The van der Waals surface area contributed by atoms with Crippen LogP contribution in [-0.2, 0) is 38.8 Å². The fourth-order valence-electron chi connectivity index (χ4n) is 5.04. The molecular formula is C36H38F3N3O4S. The molecule has 1 atom stereocenters. The minimum absolute atomic E-state index is 0.0423. The number of anilines is 1. The van der Waals surface area contributed by atoms with Crippen LogP contribution in [0.5, 0.6) is 0 Å². The Morgan fingerprint density at radius 1 is 0.830 bits per heavy atom. The van der Waals surface area contributed by atoms with Crippen molar-refractivity contribution in [2.45, 2.75) is 56.8 Å². The number of carbonyl (C=O) groups is 2. The van der Waals surface area contributed by atoms with Gasteiger partial charge in [-0.15, -0.1) is 0 Å². The first-order chi connectivity index (χ1) is 22.4. The van der Waals surface area contributed by atoms with Gasteiger partial charge in [0, 0.05) is 19.5 Å². The van der Waals surface area contributed by atoms with Crippen LogP contribution in [0, 0.1) is 6.92 Å². The van der Waals surface area contributed by atoms with Crippen molar-refractivity contribution in [2.75, 3.05) is 17.4 Å². The molecule has 0 aliphatic carbocycles. The molecule has 4 rings (SSSR count). The first-order valence-corrected chi connectivity index (χ1v) is 16.8. The van der Waals surface area contributed by atoms with Gasteiger partial charge >= 0.3 is 6.18 Å². The normalized spacial score (nSPS) is 12.3. The Balaban J connectivity index is 1.82. The lowest BCUT2D eigenvalue weighted by Gasteiger charge is -2.34. The molecule has 4 aromatic rings. The molecule has 0 saturated carbocycles. The Labute approximate surface area is 274 Å². The van der Waals surface area contributed by atoms with E-state index in [-0.39, 0.29) is 23.5 Å². The number of unbranched alkanes of at least 4 members (excludes halogenated alkanes) is 1. The quantitative estimate of drug-likeness (QED) is 0.151. The Morgan fingerprint density at radius 2 is 1.45 bits per heavy atom. The molecule has 0 unspecified atom stereocenters. The van der Waals surface area contributed by atoms with Crippen LogP contribution in [0.4, 0.5) is 18.9 Å². The number of halogens is 3. The monoisotopic (exact) mass is 665 g/mol. The maximum atomic E-state index is 14.4. The minimum Gasteiger partial charge on any atom is -0.354 e. The highest BCUT2D eigenvalue weighted by molar-refractivity contribution is 7.92. The van der Waals surface area contributed by atoms with Crippen LogP contribution in [0.25, 0.3) is 0 Å². The van der Waals surface area contributed by atoms with Gasteiger partial charge in [-0.05, 0) is 54.8 Å². The van der Waals surface area contributed by atoms with E-state index in [1.165, 1.54) is 23.1 Å². The van der Waals surface area contributed by atoms with Crippen LogP contribution in [0.2, 0.25) is 0 Å². The van der Waals surface area contributed by atoms with Gasteiger partial charge in [-0.25, -0.2) is 8.42 Å². The van der Waals surface area contributed by atoms with Gasteiger partial charge in [0.2, 0.25) is 11.8 Å². The molecule has 11 heteroatoms. The minimum atomic E-state index is -4.75. The summed E-state index contributed by atoms with van der Waals surface area (Å²) in [6, 6.07) is 26.7. The second-order valence-electron chi connectivity index (χ2n) is 11.2. The van der Waals surface area contributed by atoms with Crippen molar-refractivity contribution in [2.24, 2.45) is 0 Å². The van der Waals surface area contributed by atoms with Gasteiger partial charge in [0.1, 0.15) is 12.6 Å². The largest absolute Gasteiger partial charge is 0.416 e. The van der Waals surface area contributed by atoms with Crippen molar-refractivity contribution in [1.29, 1.82) is 0 Å². The van der Waals surface area contributed by atoms with Crippen LogP contribution in [0.3, 0.4) is 0 Å². The van der Waals surface area contributed by atoms with Gasteiger partial charge in [0.05, 0.1) is 16.1 Å². The van der Waals surface area contributed by atoms with Gasteiger partial charge in [0.15, 0.2) is 0 Å². The molecule has 7 nitrogen and oxygen atoms in total. The zero-order valence-electron chi connectivity index (χ0n) is 26.3. The zero-order chi connectivity index (χ0) is 34.0. The van der Waals surface area contributed by atoms with Gasteiger partial charge < -0.3 is 10.2 Å². The Hall–Kier alpha value is -4.64. The number of alkyl halides is 3. The van der Waals surface area contributed by atoms with Crippen molar-refractivity contribution < 1.29 is 31.2 Å². The van der Waals surface area contributed by atoms with E-state index >= 15 is 0 Å². The predicted molar refractivity (Wildman–Crippen MR) is 176 cm³/mol. The highest BCUT2D eigenvalue weighted by Crippen LogP contribution is 2.33. The predicted octanol–water partition coefficient (Wildman–Crippen LogP) is 6.77. The summed E-state index contributed by atoms with van der Waals surface area (Å²) >= 11 is 0. The highest BCUT2D eigenvalue weighted by Gasteiger charge is 2.36. The Kier molecular flexibility index (Phi) is 11.8. The number of sulfonamides is 1. The summed E-state index contributed by atoms with van der Waals surface area (Å²) < 4.78 is 70.2. The number of hydrogen-bond donors (Lipinski definition) is 1. The van der Waals surface area contributed by atoms with Crippen molar-refractivity contribution in [3.05, 3.63) is 131 Å². The fraction of sp³-hybridized carbons (Fsp3) is 0.278. The molecule has 0 fully saturated rings. The summed E-state index contributed by atoms with van der Waals surface area (Å²) in [6.07, 6.45) is -3.07. The van der Waals surface area contributed by atoms with E-state index in [4.69, 9.17) is 0 Å². The summed E-state index contributed by atoms with van der Waals surface area (Å²) in [5, 5.41) is 2.91. The molecule has 0 aliphatic rings. The molecule has 0 heterocycles. The molecule has 0 aliphatic heterocycles. The first-order valence-electron chi connectivity index (χ1n) is 15.3. The lowest BCUT2D eigenvalue weighted by atomic mass is 10.0. The number of benzene rings is 4. The average Bonchev–Trinajstić information content (AvgIpc) is 3.06. The Morgan fingerprint density at radius 3 is 2.04 bits per heavy atom. The van der Waals surface area contributed by atoms with E-state index in [9.17, 15) is 31.2 Å². The van der Waals surface area contributed by atoms with Crippen molar-refractivity contribution in [3.8, 4) is 0 Å². The molecule has 1 N–H and O–H groups in total. The summed E-state index contributed by atoms with van der Waals surface area (Å²) in [5.74, 6) is -1.17. The SMILES string of the molecule is CCCCNC(=O)[C@H](Cc1ccccc1)N(Cc1ccccc1)C(=O)CN(c1cccc(C(F)(F)F)c1)S(=O)(=O)c1ccc(C)cc1. The van der Waals surface area contributed by atoms with E-state index in [1.54, 1.807) is 49.4 Å². The second kappa shape index (κ2) is 15.8. The molecule has 4 aromatic carbocycles. The number of hydrogen-bond acceptors (Lipinski definition) is 4. The van der Waals surface area contributed by atoms with E-state index in [0.29, 0.717) is 28.9 Å². The summed E-state index contributed by atoms with van der Waals surface area (Å²) in [7, 11) is -4.54. The third-order valence-corrected chi connectivity index (χ3v) is 9.43. The number of aryl methyl sites for hydroxylation is 1. The van der Waals surface area contributed by atoms with Crippen LogP contribution in [-0.4, -0.2) is 44.3 Å². The van der Waals surface area contributed by atoms with Crippen molar-refractivity contribution in [3.63, 3.8) is 0 Å². The summed E-state index contributed by atoms with van der Waals surface area (Å²) in [5.41, 5.74) is 0.839. The van der Waals surface area contributed by atoms with Gasteiger partial charge in [-0.1, -0.05) is 97.8 Å². The van der Waals surface area contributed by atoms with E-state index < -0.39 is 46.2 Å². The van der Waals surface area contributed by atoms with Crippen molar-refractivity contribution in [1.82, 2.24) is 10.2 Å². The lowest BCUT2D eigenvalue weighted by Crippen LogP contribution is -2.53. The molecular weight excluding hydrogens is 627 g/mol. The molecule has 47 heavy (non-hydrogen) atoms. The zero-order valence-corrected chi connectivity index (χ0v) is 27.1. The fourth-order valence-corrected chi connectivity index (χ4v) is 6.45. The lowest BCUT2D eigenvalue weighted by molar-refractivity contribution is -0.140. The molecule has 0 spiro atoms. The van der Waals surface area contributed by atoms with Crippen LogP contribution in [0.15, 0.2) is 114 Å². The Bertz CT molecular complexity index is 1730. The molecule has 0 radical (unpaired) electrons. The number of rotatable bonds is 14. The van der Waals surface area contributed by atoms with Crippen LogP contribution < -0.4 is 9.62 Å². The summed E-state index contributed by atoms with van der Waals surface area (Å²) in [6.45, 7) is 3.24. The molecule has 0 bridgehead atoms. The molecule has 0 saturated heterocycles. The third-order valence-electron chi connectivity index (χ3n) is 7.65. The van der Waals surface area contributed by atoms with Gasteiger partial charge in [-0.3, -0.25) is 13.9 Å². The molecule has 248 valence electrons. The van der Waals surface area contributed by atoms with Gasteiger partial charge in [-0.2, -0.15) is 13.2 Å². The second-order valence-corrected chi connectivity index (χ2v) is 13.1. The standard InChI is InChI=1S/C36H38F3N3O4S/c1-3-4-22-40-35(44)33(23-28-12-7-5-8-13-28)41(25-29-14-9-6-10-15-29)34(43)26-42(31-17-11-16-30(24-31)36(37,38)39)47(45,46)32-20-18-27(2)19-21-32/h5-21,24,33H,3-4,22-23,25-26H2,1-2H3,(H,40,44)/t33-/m0/s1. The molecule has 0 aromatic heterocycles. The first kappa shape index (κ1) is 35.2. The summed E-state index contributed by atoms with van der Waals surface area (Å²) in [4.78, 5) is 29.3. The van der Waals surface area contributed by atoms with Crippen LogP contribution in [0.1, 0.15) is 42.0 Å². The van der Waals surface area contributed by atoms with E-state index in [2.05, 4.69) is 5.32 Å². The van der Waals surface area contributed by atoms with Crippen molar-refractivity contribution >= 4 is 27.5 Å². The highest BCUT2D eigenvalue weighted by atomic mass is 32.2. The number of nitrogens with zero attached hydrogens (tertiary/aromatic N) is 2. The van der Waals surface area contributed by atoms with E-state index in [0.717, 1.165) is 29.7 Å². The third kappa shape index (κ3) is 9.45. The number of carbonyl (C=O) groups excluding carboxylic acids is 2. The smallest absolute Gasteiger partial charge is 0.354 e. The topological polar surface area (TPSA) is 86.8 Å². The van der Waals surface area contributed by atoms with Gasteiger partial charge in [0.25, 0.3) is 10.0 Å².